The van der Waals surface area contributed by atoms with Crippen LogP contribution in [0.5, 0.6) is 6.08 Å². The topological polar surface area (TPSA) is 98.5 Å². The molecule has 0 spiro atoms. The Hall–Kier alpha value is -2.94. The van der Waals surface area contributed by atoms with Crippen LogP contribution < -0.4 is 15.4 Å². The standard InChI is InChI=1S/C18H17F7N4O4/c19-12-7-9(1-3-11(12)17(20,21)22)14(30)27-10-2-4-13(26-8-10)15-28-29-16(33-15)31-5-6-32-18(23,24)25/h1,3,7,10,13,26H,2,4-6,8H2,(H,27,30)/t10-,13+/m0/s1. The highest BCUT2D eigenvalue weighted by Gasteiger charge is 2.34. The van der Waals surface area contributed by atoms with Crippen molar-refractivity contribution in [1.29, 1.82) is 0 Å². The number of halogens is 7. The number of hydrogen-bond donors (Lipinski definition) is 2. The average molecular weight is 486 g/mol. The van der Waals surface area contributed by atoms with Crippen LogP contribution in [0.1, 0.15) is 40.7 Å². The minimum atomic E-state index is -4.86. The molecule has 1 aromatic heterocycles. The van der Waals surface area contributed by atoms with Gasteiger partial charge in [-0.15, -0.1) is 18.3 Å². The molecule has 1 aromatic carbocycles. The molecule has 15 heteroatoms. The number of nitrogens with zero attached hydrogens (tertiary/aromatic N) is 2. The van der Waals surface area contributed by atoms with Gasteiger partial charge in [0.2, 0.25) is 5.89 Å². The van der Waals surface area contributed by atoms with Crippen LogP contribution >= 0.6 is 0 Å². The molecule has 2 heterocycles. The minimum absolute atomic E-state index is 0.122. The third kappa shape index (κ3) is 7.02. The van der Waals surface area contributed by atoms with Gasteiger partial charge >= 0.3 is 18.6 Å². The molecule has 182 valence electrons. The summed E-state index contributed by atoms with van der Waals surface area (Å²) < 4.78 is 101. The molecule has 1 aliphatic heterocycles. The fraction of sp³-hybridized carbons (Fsp3) is 0.500. The Balaban J connectivity index is 1.46. The molecule has 2 atom stereocenters. The van der Waals surface area contributed by atoms with Gasteiger partial charge in [0.15, 0.2) is 0 Å². The van der Waals surface area contributed by atoms with E-state index in [1.54, 1.807) is 0 Å². The number of rotatable bonds is 7. The second-order valence-electron chi connectivity index (χ2n) is 6.95. The van der Waals surface area contributed by atoms with Crippen LogP contribution in [0.25, 0.3) is 0 Å². The molecule has 1 saturated heterocycles. The van der Waals surface area contributed by atoms with Crippen molar-refractivity contribution in [3.63, 3.8) is 0 Å². The van der Waals surface area contributed by atoms with E-state index in [9.17, 15) is 35.5 Å². The Kier molecular flexibility index (Phi) is 7.41. The number of aromatic nitrogens is 2. The first kappa shape index (κ1) is 24.7. The van der Waals surface area contributed by atoms with Crippen molar-refractivity contribution in [2.45, 2.75) is 37.5 Å². The number of alkyl halides is 6. The first-order valence-electron chi connectivity index (χ1n) is 9.50. The van der Waals surface area contributed by atoms with Gasteiger partial charge in [-0.25, -0.2) is 4.39 Å². The lowest BCUT2D eigenvalue weighted by Gasteiger charge is -2.28. The molecule has 0 saturated carbocycles. The molecule has 2 aromatic rings. The van der Waals surface area contributed by atoms with Crippen molar-refractivity contribution in [1.82, 2.24) is 20.8 Å². The van der Waals surface area contributed by atoms with Crippen LogP contribution in [0.4, 0.5) is 30.7 Å². The molecular weight excluding hydrogens is 469 g/mol. The predicted octanol–water partition coefficient (Wildman–Crippen LogP) is 3.37. The normalized spacial score (nSPS) is 19.4. The van der Waals surface area contributed by atoms with Gasteiger partial charge in [0.25, 0.3) is 5.91 Å². The van der Waals surface area contributed by atoms with E-state index in [1.165, 1.54) is 0 Å². The van der Waals surface area contributed by atoms with Crippen LogP contribution in [-0.4, -0.2) is 48.3 Å². The zero-order valence-electron chi connectivity index (χ0n) is 16.6. The maximum absolute atomic E-state index is 13.7. The van der Waals surface area contributed by atoms with Gasteiger partial charge < -0.3 is 19.8 Å². The van der Waals surface area contributed by atoms with Crippen molar-refractivity contribution in [2.75, 3.05) is 19.8 Å². The Labute approximate surface area is 181 Å². The van der Waals surface area contributed by atoms with Crippen molar-refractivity contribution in [2.24, 2.45) is 0 Å². The highest BCUT2D eigenvalue weighted by Crippen LogP contribution is 2.31. The van der Waals surface area contributed by atoms with Crippen LogP contribution in [0.15, 0.2) is 22.6 Å². The van der Waals surface area contributed by atoms with Gasteiger partial charge in [-0.1, -0.05) is 5.10 Å². The van der Waals surface area contributed by atoms with Gasteiger partial charge in [-0.2, -0.15) is 13.2 Å². The summed E-state index contributed by atoms with van der Waals surface area (Å²) in [6.45, 7) is -0.984. The maximum Gasteiger partial charge on any atom is 0.522 e. The summed E-state index contributed by atoms with van der Waals surface area (Å²) in [6.07, 6.45) is -9.15. The number of piperidine rings is 1. The van der Waals surface area contributed by atoms with E-state index in [0.29, 0.717) is 25.0 Å². The molecular formula is C18H17F7N4O4. The summed E-state index contributed by atoms with van der Waals surface area (Å²) in [5.41, 5.74) is -1.71. The largest absolute Gasteiger partial charge is 0.522 e. The molecule has 3 rings (SSSR count). The summed E-state index contributed by atoms with van der Waals surface area (Å²) in [5, 5.41) is 12.9. The predicted molar refractivity (Wildman–Crippen MR) is 94.4 cm³/mol. The number of benzene rings is 1. The van der Waals surface area contributed by atoms with Crippen molar-refractivity contribution >= 4 is 5.91 Å². The first-order chi connectivity index (χ1) is 15.4. The van der Waals surface area contributed by atoms with E-state index in [4.69, 9.17) is 9.15 Å². The van der Waals surface area contributed by atoms with Gasteiger partial charge in [0.1, 0.15) is 12.4 Å². The van der Waals surface area contributed by atoms with Gasteiger partial charge in [-0.05, 0) is 31.0 Å². The molecule has 2 N–H and O–H groups in total. The fourth-order valence-electron chi connectivity index (χ4n) is 3.05. The van der Waals surface area contributed by atoms with Gasteiger partial charge in [0, 0.05) is 18.2 Å². The quantitative estimate of drug-likeness (QED) is 0.458. The number of amides is 1. The summed E-state index contributed by atoms with van der Waals surface area (Å²) in [4.78, 5) is 12.2. The summed E-state index contributed by atoms with van der Waals surface area (Å²) in [5.74, 6) is -2.16. The molecule has 1 aliphatic rings. The van der Waals surface area contributed by atoms with E-state index in [-0.39, 0.29) is 24.1 Å². The lowest BCUT2D eigenvalue weighted by Crippen LogP contribution is -2.46. The molecule has 0 aliphatic carbocycles. The molecule has 1 amide bonds. The molecule has 33 heavy (non-hydrogen) atoms. The Bertz CT molecular complexity index is 956. The molecule has 8 nitrogen and oxygen atoms in total. The highest BCUT2D eigenvalue weighted by molar-refractivity contribution is 5.94. The van der Waals surface area contributed by atoms with Crippen LogP contribution in [0.2, 0.25) is 0 Å². The van der Waals surface area contributed by atoms with Crippen molar-refractivity contribution in [3.05, 3.63) is 41.0 Å². The minimum Gasteiger partial charge on any atom is -0.447 e. The maximum atomic E-state index is 13.7. The molecule has 1 fully saturated rings. The number of carbonyl (C=O) groups is 1. The third-order valence-electron chi connectivity index (χ3n) is 4.58. The summed E-state index contributed by atoms with van der Waals surface area (Å²) >= 11 is 0. The summed E-state index contributed by atoms with van der Waals surface area (Å²) in [7, 11) is 0. The average Bonchev–Trinajstić information content (AvgIpc) is 3.19. The lowest BCUT2D eigenvalue weighted by atomic mass is 10.00. The highest BCUT2D eigenvalue weighted by atomic mass is 19.4. The number of carbonyl (C=O) groups excluding carboxylic acids is 1. The Morgan fingerprint density at radius 2 is 1.91 bits per heavy atom. The zero-order valence-corrected chi connectivity index (χ0v) is 16.6. The SMILES string of the molecule is O=C(N[C@H]1CC[C@H](c2nnc(OCCOC(F)(F)F)o2)NC1)c1ccc(C(F)(F)F)c(F)c1. The smallest absolute Gasteiger partial charge is 0.447 e. The Morgan fingerprint density at radius 1 is 1.15 bits per heavy atom. The van der Waals surface area contributed by atoms with Crippen LogP contribution in [0, 0.1) is 5.82 Å². The zero-order chi connectivity index (χ0) is 24.2. The number of nitrogens with one attached hydrogen (secondary N) is 2. The van der Waals surface area contributed by atoms with E-state index < -0.39 is 55.1 Å². The fourth-order valence-corrected chi connectivity index (χ4v) is 3.05. The van der Waals surface area contributed by atoms with Crippen LogP contribution in [-0.2, 0) is 10.9 Å². The molecule has 0 bridgehead atoms. The van der Waals surface area contributed by atoms with Crippen molar-refractivity contribution < 1.29 is 49.4 Å². The van der Waals surface area contributed by atoms with Crippen molar-refractivity contribution in [3.8, 4) is 6.08 Å². The van der Waals surface area contributed by atoms with Crippen LogP contribution in [0.3, 0.4) is 0 Å². The molecule has 0 unspecified atom stereocenters. The van der Waals surface area contributed by atoms with E-state index in [1.807, 2.05) is 0 Å². The monoisotopic (exact) mass is 486 g/mol. The van der Waals surface area contributed by atoms with Gasteiger partial charge in [0.05, 0.1) is 18.2 Å². The van der Waals surface area contributed by atoms with E-state index >= 15 is 0 Å². The second kappa shape index (κ2) is 9.91. The number of hydrogen-bond acceptors (Lipinski definition) is 7. The summed E-state index contributed by atoms with van der Waals surface area (Å²) in [6, 6.07) is 1.09. The third-order valence-corrected chi connectivity index (χ3v) is 4.58. The van der Waals surface area contributed by atoms with E-state index in [2.05, 4.69) is 25.6 Å². The number of ether oxygens (including phenoxy) is 2. The molecule has 0 radical (unpaired) electrons. The first-order valence-corrected chi connectivity index (χ1v) is 9.50. The Morgan fingerprint density at radius 3 is 2.52 bits per heavy atom. The van der Waals surface area contributed by atoms with E-state index in [0.717, 1.165) is 6.07 Å². The lowest BCUT2D eigenvalue weighted by molar-refractivity contribution is -0.325. The van der Waals surface area contributed by atoms with Gasteiger partial charge in [-0.3, -0.25) is 9.53 Å². The second-order valence-corrected chi connectivity index (χ2v) is 6.95.